The van der Waals surface area contributed by atoms with Gasteiger partial charge < -0.3 is 5.11 Å². The van der Waals surface area contributed by atoms with Gasteiger partial charge in [0, 0.05) is 10.5 Å². The number of halogens is 2. The Morgan fingerprint density at radius 3 is 2.78 bits per heavy atom. The van der Waals surface area contributed by atoms with Gasteiger partial charge in [0.1, 0.15) is 5.75 Å². The summed E-state index contributed by atoms with van der Waals surface area (Å²) in [5, 5.41) is 8.96. The predicted octanol–water partition coefficient (Wildman–Crippen LogP) is 2.56. The first-order chi connectivity index (χ1) is 4.20. The number of hydrogen-bond acceptors (Lipinski definition) is 1. The van der Waals surface area contributed by atoms with Gasteiger partial charge in [0.25, 0.3) is 0 Å². The molecular formula is C6H3BrIO. The molecule has 0 amide bonds. The summed E-state index contributed by atoms with van der Waals surface area (Å²) in [5.41, 5.74) is 0. The minimum Gasteiger partial charge on any atom is -0.506 e. The number of benzene rings is 1. The van der Waals surface area contributed by atoms with Crippen molar-refractivity contribution in [2.45, 2.75) is 0 Å². The number of phenols is 1. The Morgan fingerprint density at radius 1 is 1.67 bits per heavy atom. The van der Waals surface area contributed by atoms with Gasteiger partial charge in [-0.25, -0.2) is 0 Å². The molecule has 0 bridgehead atoms. The highest BCUT2D eigenvalue weighted by Crippen LogP contribution is 2.22. The molecule has 47 valence electrons. The van der Waals surface area contributed by atoms with E-state index < -0.39 is 0 Å². The molecule has 0 saturated heterocycles. The van der Waals surface area contributed by atoms with Gasteiger partial charge in [0.05, 0.1) is 3.57 Å². The number of phenolic OH excluding ortho intramolecular Hbond substituents is 1. The highest BCUT2D eigenvalue weighted by molar-refractivity contribution is 14.1. The Morgan fingerprint density at radius 2 is 2.33 bits per heavy atom. The Balaban J connectivity index is 3.17. The van der Waals surface area contributed by atoms with E-state index in [1.807, 2.05) is 28.7 Å². The van der Waals surface area contributed by atoms with Gasteiger partial charge in [0.15, 0.2) is 0 Å². The zero-order valence-corrected chi connectivity index (χ0v) is 8.10. The van der Waals surface area contributed by atoms with Crippen LogP contribution in [0.3, 0.4) is 0 Å². The maximum Gasteiger partial charge on any atom is 0.136 e. The van der Waals surface area contributed by atoms with Crippen molar-refractivity contribution in [3.8, 4) is 5.75 Å². The summed E-state index contributed by atoms with van der Waals surface area (Å²) in [7, 11) is 0. The maximum atomic E-state index is 8.96. The molecule has 0 aliphatic heterocycles. The van der Waals surface area contributed by atoms with Crippen molar-refractivity contribution in [3.05, 3.63) is 26.2 Å². The van der Waals surface area contributed by atoms with Crippen LogP contribution in [0.2, 0.25) is 0 Å². The SMILES string of the molecule is Oc1[c]cc(Br)cc1I. The van der Waals surface area contributed by atoms with E-state index >= 15 is 0 Å². The van der Waals surface area contributed by atoms with Gasteiger partial charge in [0.2, 0.25) is 0 Å². The molecule has 1 nitrogen and oxygen atoms in total. The molecule has 0 atom stereocenters. The Bertz CT molecular complexity index is 224. The minimum absolute atomic E-state index is 0.207. The molecule has 1 aromatic rings. The van der Waals surface area contributed by atoms with Crippen LogP contribution < -0.4 is 0 Å². The van der Waals surface area contributed by atoms with Gasteiger partial charge in [-0.1, -0.05) is 15.9 Å². The van der Waals surface area contributed by atoms with E-state index in [0.29, 0.717) is 0 Å². The molecule has 0 aliphatic carbocycles. The average molecular weight is 298 g/mol. The van der Waals surface area contributed by atoms with Gasteiger partial charge in [-0.3, -0.25) is 0 Å². The minimum atomic E-state index is 0.207. The summed E-state index contributed by atoms with van der Waals surface area (Å²) in [6, 6.07) is 6.17. The van der Waals surface area contributed by atoms with E-state index in [4.69, 9.17) is 5.11 Å². The third-order valence-electron chi connectivity index (χ3n) is 0.838. The van der Waals surface area contributed by atoms with E-state index in [2.05, 4.69) is 22.0 Å². The standard InChI is InChI=1S/C6H3BrIO/c7-4-1-2-6(9)5(8)3-4/h1,3,9H. The van der Waals surface area contributed by atoms with Crippen LogP contribution >= 0.6 is 38.5 Å². The monoisotopic (exact) mass is 297 g/mol. The topological polar surface area (TPSA) is 20.2 Å². The highest BCUT2D eigenvalue weighted by atomic mass is 127. The largest absolute Gasteiger partial charge is 0.506 e. The molecule has 0 aromatic heterocycles. The summed E-state index contributed by atoms with van der Waals surface area (Å²) in [6.07, 6.45) is 0. The van der Waals surface area contributed by atoms with Crippen molar-refractivity contribution in [3.63, 3.8) is 0 Å². The molecule has 9 heavy (non-hydrogen) atoms. The van der Waals surface area contributed by atoms with Crippen LogP contribution in [0.1, 0.15) is 0 Å². The number of rotatable bonds is 0. The molecule has 1 N–H and O–H groups in total. The smallest absolute Gasteiger partial charge is 0.136 e. The lowest BCUT2D eigenvalue weighted by atomic mass is 10.3. The van der Waals surface area contributed by atoms with Crippen LogP contribution in [0.5, 0.6) is 5.75 Å². The zero-order chi connectivity index (χ0) is 6.85. The van der Waals surface area contributed by atoms with E-state index in [0.717, 1.165) is 8.04 Å². The van der Waals surface area contributed by atoms with E-state index in [-0.39, 0.29) is 5.75 Å². The fourth-order valence-corrected chi connectivity index (χ4v) is 1.70. The third kappa shape index (κ3) is 1.82. The predicted molar refractivity (Wildman–Crippen MR) is 47.4 cm³/mol. The Kier molecular flexibility index (Phi) is 2.35. The van der Waals surface area contributed by atoms with Crippen LogP contribution in [-0.4, -0.2) is 5.11 Å². The highest BCUT2D eigenvalue weighted by Gasteiger charge is 1.95. The summed E-state index contributed by atoms with van der Waals surface area (Å²) in [5.74, 6) is 0.207. The molecule has 1 radical (unpaired) electrons. The Labute approximate surface area is 75.4 Å². The Hall–Kier alpha value is 0.230. The van der Waals surface area contributed by atoms with E-state index in [9.17, 15) is 0 Å². The lowest BCUT2D eigenvalue weighted by Gasteiger charge is -1.93. The van der Waals surface area contributed by atoms with Gasteiger partial charge in [-0.2, -0.15) is 0 Å². The number of hydrogen-bond donors (Lipinski definition) is 1. The van der Waals surface area contributed by atoms with Crippen LogP contribution in [0.15, 0.2) is 16.6 Å². The van der Waals surface area contributed by atoms with Crippen LogP contribution in [0.4, 0.5) is 0 Å². The van der Waals surface area contributed by atoms with Crippen molar-refractivity contribution in [1.82, 2.24) is 0 Å². The molecule has 1 aromatic carbocycles. The van der Waals surface area contributed by atoms with Crippen LogP contribution in [0.25, 0.3) is 0 Å². The van der Waals surface area contributed by atoms with Gasteiger partial charge in [-0.15, -0.1) is 0 Å². The van der Waals surface area contributed by atoms with Gasteiger partial charge in [-0.05, 0) is 34.7 Å². The summed E-state index contributed by atoms with van der Waals surface area (Å²) >= 11 is 5.29. The van der Waals surface area contributed by atoms with E-state index in [1.54, 1.807) is 6.07 Å². The second-order valence-electron chi connectivity index (χ2n) is 1.51. The zero-order valence-electron chi connectivity index (χ0n) is 4.36. The molecule has 0 saturated carbocycles. The molecule has 0 aliphatic rings. The molecule has 1 rings (SSSR count). The molecule has 3 heteroatoms. The normalized spacial score (nSPS) is 9.56. The molecule has 0 unspecified atom stereocenters. The lowest BCUT2D eigenvalue weighted by Crippen LogP contribution is -1.72. The lowest BCUT2D eigenvalue weighted by molar-refractivity contribution is 0.470. The molecular weight excluding hydrogens is 295 g/mol. The van der Waals surface area contributed by atoms with Crippen LogP contribution in [-0.2, 0) is 0 Å². The third-order valence-corrected chi connectivity index (χ3v) is 2.12. The maximum absolute atomic E-state index is 8.96. The quantitative estimate of drug-likeness (QED) is 0.730. The fourth-order valence-electron chi connectivity index (χ4n) is 0.437. The summed E-state index contributed by atoms with van der Waals surface area (Å²) in [4.78, 5) is 0. The number of aromatic hydroxyl groups is 1. The van der Waals surface area contributed by atoms with Gasteiger partial charge >= 0.3 is 0 Å². The molecule has 0 fully saturated rings. The van der Waals surface area contributed by atoms with Crippen molar-refractivity contribution in [1.29, 1.82) is 0 Å². The first-order valence-corrected chi connectivity index (χ1v) is 4.13. The van der Waals surface area contributed by atoms with E-state index in [1.165, 1.54) is 0 Å². The summed E-state index contributed by atoms with van der Waals surface area (Å²) in [6.45, 7) is 0. The molecule has 0 spiro atoms. The van der Waals surface area contributed by atoms with Crippen molar-refractivity contribution in [2.24, 2.45) is 0 Å². The first kappa shape index (κ1) is 7.34. The van der Waals surface area contributed by atoms with Crippen LogP contribution in [0, 0.1) is 9.64 Å². The fraction of sp³-hybridized carbons (Fsp3) is 0. The second-order valence-corrected chi connectivity index (χ2v) is 3.59. The van der Waals surface area contributed by atoms with Crippen molar-refractivity contribution < 1.29 is 5.11 Å². The molecule has 0 heterocycles. The average Bonchev–Trinajstić information content (AvgIpc) is 1.80. The first-order valence-electron chi connectivity index (χ1n) is 2.26. The van der Waals surface area contributed by atoms with Crippen molar-refractivity contribution >= 4 is 38.5 Å². The van der Waals surface area contributed by atoms with Crippen molar-refractivity contribution in [2.75, 3.05) is 0 Å². The second kappa shape index (κ2) is 2.88. The summed E-state index contributed by atoms with van der Waals surface area (Å²) < 4.78 is 1.74.